The molecule has 0 aliphatic carbocycles. The minimum atomic E-state index is 0.371. The molecule has 0 unspecified atom stereocenters. The van der Waals surface area contributed by atoms with Gasteiger partial charge < -0.3 is 15.2 Å². The molecule has 1 aliphatic rings. The van der Waals surface area contributed by atoms with Crippen molar-refractivity contribution in [1.82, 2.24) is 20.1 Å². The van der Waals surface area contributed by atoms with Gasteiger partial charge in [0.25, 0.3) is 0 Å². The predicted molar refractivity (Wildman–Crippen MR) is 97.5 cm³/mol. The van der Waals surface area contributed by atoms with Gasteiger partial charge in [0, 0.05) is 30.8 Å². The van der Waals surface area contributed by atoms with Gasteiger partial charge in [-0.3, -0.25) is 0 Å². The van der Waals surface area contributed by atoms with E-state index in [2.05, 4.69) is 31.9 Å². The zero-order valence-corrected chi connectivity index (χ0v) is 15.5. The predicted octanol–water partition coefficient (Wildman–Crippen LogP) is 2.86. The van der Waals surface area contributed by atoms with Crippen LogP contribution in [0, 0.1) is 19.8 Å². The van der Waals surface area contributed by atoms with E-state index < -0.39 is 0 Å². The first-order valence-electron chi connectivity index (χ1n) is 9.24. The van der Waals surface area contributed by atoms with Crippen LogP contribution in [0.5, 0.6) is 0 Å². The van der Waals surface area contributed by atoms with Crippen molar-refractivity contribution in [2.75, 3.05) is 23.7 Å². The van der Waals surface area contributed by atoms with Gasteiger partial charge in [-0.2, -0.15) is 9.97 Å². The Morgan fingerprint density at radius 3 is 2.56 bits per heavy atom. The molecule has 136 valence electrons. The Hall–Kier alpha value is -2.18. The lowest BCUT2D eigenvalue weighted by atomic mass is 9.93. The molecule has 2 aromatic heterocycles. The highest BCUT2D eigenvalue weighted by molar-refractivity contribution is 5.52. The first-order valence-corrected chi connectivity index (χ1v) is 9.24. The smallest absolute Gasteiger partial charge is 0.226 e. The molecule has 0 atom stereocenters. The van der Waals surface area contributed by atoms with Crippen molar-refractivity contribution in [3.63, 3.8) is 0 Å². The van der Waals surface area contributed by atoms with Crippen molar-refractivity contribution in [3.8, 4) is 0 Å². The number of nitrogen functional groups attached to an aromatic ring is 1. The molecule has 0 amide bonds. The summed E-state index contributed by atoms with van der Waals surface area (Å²) in [6.07, 6.45) is 6.37. The van der Waals surface area contributed by atoms with E-state index >= 15 is 0 Å². The Labute approximate surface area is 149 Å². The zero-order chi connectivity index (χ0) is 17.8. The van der Waals surface area contributed by atoms with Crippen LogP contribution in [0.15, 0.2) is 4.52 Å². The van der Waals surface area contributed by atoms with E-state index in [0.29, 0.717) is 17.7 Å². The highest BCUT2D eigenvalue weighted by atomic mass is 16.5. The maximum absolute atomic E-state index is 5.92. The van der Waals surface area contributed by atoms with Crippen LogP contribution < -0.4 is 10.6 Å². The summed E-state index contributed by atoms with van der Waals surface area (Å²) in [4.78, 5) is 15.6. The molecule has 1 saturated heterocycles. The lowest BCUT2D eigenvalue weighted by Crippen LogP contribution is -2.36. The maximum atomic E-state index is 5.92. The van der Waals surface area contributed by atoms with Gasteiger partial charge in [0.1, 0.15) is 5.82 Å². The van der Waals surface area contributed by atoms with E-state index in [4.69, 9.17) is 10.3 Å². The molecule has 0 aromatic carbocycles. The van der Waals surface area contributed by atoms with E-state index in [1.54, 1.807) is 0 Å². The largest absolute Gasteiger partial charge is 0.368 e. The summed E-state index contributed by atoms with van der Waals surface area (Å²) < 4.78 is 5.26. The fourth-order valence-corrected chi connectivity index (χ4v) is 3.53. The summed E-state index contributed by atoms with van der Waals surface area (Å²) in [6, 6.07) is 0. The number of hydrogen-bond acceptors (Lipinski definition) is 7. The van der Waals surface area contributed by atoms with Crippen LogP contribution in [0.4, 0.5) is 11.8 Å². The summed E-state index contributed by atoms with van der Waals surface area (Å²) in [7, 11) is 0. The van der Waals surface area contributed by atoms with Gasteiger partial charge in [-0.1, -0.05) is 18.5 Å². The zero-order valence-electron chi connectivity index (χ0n) is 15.5. The number of unbranched alkanes of at least 4 members (excludes halogenated alkanes) is 1. The van der Waals surface area contributed by atoms with Gasteiger partial charge in [-0.05, 0) is 45.4 Å². The number of piperidine rings is 1. The second-order valence-corrected chi connectivity index (χ2v) is 6.94. The highest BCUT2D eigenvalue weighted by Crippen LogP contribution is 2.29. The van der Waals surface area contributed by atoms with Crippen molar-refractivity contribution >= 4 is 11.8 Å². The van der Waals surface area contributed by atoms with Crippen LogP contribution in [0.2, 0.25) is 0 Å². The van der Waals surface area contributed by atoms with Crippen LogP contribution in [0.25, 0.3) is 0 Å². The molecular weight excluding hydrogens is 316 g/mol. The van der Waals surface area contributed by atoms with Crippen molar-refractivity contribution in [1.29, 1.82) is 0 Å². The molecule has 0 spiro atoms. The van der Waals surface area contributed by atoms with E-state index in [1.165, 1.54) is 5.56 Å². The van der Waals surface area contributed by atoms with Crippen LogP contribution in [-0.4, -0.2) is 33.2 Å². The summed E-state index contributed by atoms with van der Waals surface area (Å²) in [6.45, 7) is 8.06. The SMILES string of the molecule is CCCCc1c(C)nc(N)nc1N1CCC(Cc2nc(C)no2)CC1. The third kappa shape index (κ3) is 4.27. The average Bonchev–Trinajstić information content (AvgIpc) is 2.99. The Balaban J connectivity index is 1.67. The van der Waals surface area contributed by atoms with Gasteiger partial charge in [-0.25, -0.2) is 4.98 Å². The first kappa shape index (κ1) is 17.6. The molecule has 25 heavy (non-hydrogen) atoms. The van der Waals surface area contributed by atoms with E-state index in [0.717, 1.165) is 69.0 Å². The molecule has 7 heteroatoms. The average molecular weight is 344 g/mol. The standard InChI is InChI=1S/C18H28N6O/c1-4-5-6-15-12(2)20-18(19)22-17(15)24-9-7-14(8-10-24)11-16-21-13(3)23-25-16/h14H,4-11H2,1-3H3,(H2,19,20,22). The molecule has 0 radical (unpaired) electrons. The van der Waals surface area contributed by atoms with Crippen molar-refractivity contribution in [3.05, 3.63) is 23.0 Å². The molecule has 2 aromatic rings. The molecule has 3 heterocycles. The second kappa shape index (κ2) is 7.80. The quantitative estimate of drug-likeness (QED) is 0.861. The third-order valence-corrected chi connectivity index (χ3v) is 4.94. The maximum Gasteiger partial charge on any atom is 0.226 e. The molecule has 7 nitrogen and oxygen atoms in total. The Morgan fingerprint density at radius 1 is 1.16 bits per heavy atom. The molecule has 1 fully saturated rings. The number of nitrogens with two attached hydrogens (primary N) is 1. The van der Waals surface area contributed by atoms with Crippen molar-refractivity contribution < 1.29 is 4.52 Å². The minimum Gasteiger partial charge on any atom is -0.368 e. The monoisotopic (exact) mass is 344 g/mol. The molecule has 1 aliphatic heterocycles. The van der Waals surface area contributed by atoms with E-state index in [9.17, 15) is 0 Å². The minimum absolute atomic E-state index is 0.371. The molecule has 0 bridgehead atoms. The van der Waals surface area contributed by atoms with Crippen molar-refractivity contribution in [2.24, 2.45) is 5.92 Å². The number of hydrogen-bond donors (Lipinski definition) is 1. The summed E-state index contributed by atoms with van der Waals surface area (Å²) >= 11 is 0. The van der Waals surface area contributed by atoms with Gasteiger partial charge in [0.05, 0.1) is 0 Å². The number of aromatic nitrogens is 4. The third-order valence-electron chi connectivity index (χ3n) is 4.94. The number of nitrogens with zero attached hydrogens (tertiary/aromatic N) is 5. The molecule has 0 saturated carbocycles. The van der Waals surface area contributed by atoms with Gasteiger partial charge in [0.15, 0.2) is 5.82 Å². The lowest BCUT2D eigenvalue weighted by molar-refractivity contribution is 0.323. The summed E-state index contributed by atoms with van der Waals surface area (Å²) in [5, 5.41) is 3.88. The van der Waals surface area contributed by atoms with Gasteiger partial charge >= 0.3 is 0 Å². The summed E-state index contributed by atoms with van der Waals surface area (Å²) in [5.41, 5.74) is 8.18. The Bertz CT molecular complexity index is 706. The summed E-state index contributed by atoms with van der Waals surface area (Å²) in [5.74, 6) is 3.44. The first-order chi connectivity index (χ1) is 12.1. The molecular formula is C18H28N6O. The fourth-order valence-electron chi connectivity index (χ4n) is 3.53. The van der Waals surface area contributed by atoms with Crippen LogP contribution in [0.1, 0.15) is 55.6 Å². The topological polar surface area (TPSA) is 94.0 Å². The van der Waals surface area contributed by atoms with E-state index in [-0.39, 0.29) is 0 Å². The lowest BCUT2D eigenvalue weighted by Gasteiger charge is -2.33. The van der Waals surface area contributed by atoms with Gasteiger partial charge in [0.2, 0.25) is 11.8 Å². The normalized spacial score (nSPS) is 15.7. The Morgan fingerprint density at radius 2 is 1.92 bits per heavy atom. The second-order valence-electron chi connectivity index (χ2n) is 6.94. The molecule has 3 rings (SSSR count). The number of anilines is 2. The number of aryl methyl sites for hydroxylation is 2. The van der Waals surface area contributed by atoms with Crippen LogP contribution >= 0.6 is 0 Å². The van der Waals surface area contributed by atoms with Gasteiger partial charge in [-0.15, -0.1) is 0 Å². The number of rotatable bonds is 6. The highest BCUT2D eigenvalue weighted by Gasteiger charge is 2.24. The molecule has 2 N–H and O–H groups in total. The van der Waals surface area contributed by atoms with E-state index in [1.807, 2.05) is 13.8 Å². The van der Waals surface area contributed by atoms with Crippen LogP contribution in [-0.2, 0) is 12.8 Å². The Kier molecular flexibility index (Phi) is 5.50. The van der Waals surface area contributed by atoms with Crippen molar-refractivity contribution in [2.45, 2.75) is 59.3 Å². The van der Waals surface area contributed by atoms with Crippen LogP contribution in [0.3, 0.4) is 0 Å². The fraction of sp³-hybridized carbons (Fsp3) is 0.667.